The highest BCUT2D eigenvalue weighted by Gasteiger charge is 2.47. The van der Waals surface area contributed by atoms with Gasteiger partial charge in [-0.15, -0.1) is 0 Å². The quantitative estimate of drug-likeness (QED) is 0.455. The third-order valence-corrected chi connectivity index (χ3v) is 6.12. The number of ketones is 1. The molecule has 1 aromatic carbocycles. The van der Waals surface area contributed by atoms with Crippen molar-refractivity contribution >= 4 is 34.1 Å². The molecule has 0 radical (unpaired) electrons. The number of hydrogen-bond donors (Lipinski definition) is 1. The molecule has 3 heterocycles. The van der Waals surface area contributed by atoms with E-state index in [2.05, 4.69) is 4.98 Å². The second kappa shape index (κ2) is 8.04. The average Bonchev–Trinajstić information content (AvgIpc) is 3.44. The van der Waals surface area contributed by atoms with E-state index in [4.69, 9.17) is 9.15 Å². The van der Waals surface area contributed by atoms with Gasteiger partial charge in [-0.25, -0.2) is 14.2 Å². The second-order valence-electron chi connectivity index (χ2n) is 7.00. The molecule has 0 saturated carbocycles. The Morgan fingerprint density at radius 1 is 1.22 bits per heavy atom. The number of aromatic nitrogens is 1. The highest BCUT2D eigenvalue weighted by atomic mass is 32.1. The number of rotatable bonds is 5. The Morgan fingerprint density at radius 3 is 2.56 bits per heavy atom. The molecule has 0 saturated heterocycles. The van der Waals surface area contributed by atoms with Gasteiger partial charge in [0.15, 0.2) is 16.7 Å². The van der Waals surface area contributed by atoms with Crippen LogP contribution >= 0.6 is 11.3 Å². The maximum atomic E-state index is 14.8. The number of halogens is 1. The van der Waals surface area contributed by atoms with Crippen LogP contribution in [-0.4, -0.2) is 34.9 Å². The number of anilines is 1. The zero-order valence-corrected chi connectivity index (χ0v) is 18.0. The van der Waals surface area contributed by atoms with E-state index in [1.165, 1.54) is 31.4 Å². The molecule has 0 aliphatic carbocycles. The summed E-state index contributed by atoms with van der Waals surface area (Å²) < 4.78 is 24.9. The molecule has 1 N–H and O–H groups in total. The zero-order valence-electron chi connectivity index (χ0n) is 17.2. The molecule has 3 aromatic rings. The molecular formula is C22H17FN2O6S. The number of carbonyl (C=O) groups excluding carboxylic acids is 3. The summed E-state index contributed by atoms with van der Waals surface area (Å²) in [6.07, 6.45) is 0. The van der Waals surface area contributed by atoms with Crippen LogP contribution in [-0.2, 0) is 9.53 Å². The Kier molecular flexibility index (Phi) is 5.39. The van der Waals surface area contributed by atoms with E-state index in [0.717, 1.165) is 16.2 Å². The lowest BCUT2D eigenvalue weighted by Gasteiger charge is -2.24. The number of amides is 1. The minimum Gasteiger partial charge on any atom is -0.503 e. The lowest BCUT2D eigenvalue weighted by Crippen LogP contribution is -2.31. The molecule has 1 amide bonds. The van der Waals surface area contributed by atoms with Crippen LogP contribution < -0.4 is 4.90 Å². The minimum atomic E-state index is -1.32. The molecule has 1 unspecified atom stereocenters. The van der Waals surface area contributed by atoms with Gasteiger partial charge < -0.3 is 14.3 Å². The van der Waals surface area contributed by atoms with Gasteiger partial charge in [-0.2, -0.15) is 0 Å². The first-order chi connectivity index (χ1) is 15.2. The monoisotopic (exact) mass is 456 g/mol. The van der Waals surface area contributed by atoms with Crippen LogP contribution in [0.1, 0.15) is 43.3 Å². The molecule has 2 aromatic heterocycles. The van der Waals surface area contributed by atoms with Gasteiger partial charge in [0.05, 0.1) is 18.4 Å². The molecule has 0 fully saturated rings. The van der Waals surface area contributed by atoms with Crippen molar-refractivity contribution in [3.63, 3.8) is 0 Å². The molecule has 1 aliphatic heterocycles. The summed E-state index contributed by atoms with van der Waals surface area (Å²) in [5.74, 6) is -3.55. The molecule has 8 nitrogen and oxygen atoms in total. The average molecular weight is 456 g/mol. The largest absolute Gasteiger partial charge is 0.503 e. The first-order valence-corrected chi connectivity index (χ1v) is 10.2. The number of esters is 1. The highest BCUT2D eigenvalue weighted by Crippen LogP contribution is 2.44. The van der Waals surface area contributed by atoms with Crippen LogP contribution in [0.2, 0.25) is 0 Å². The standard InChI is InChI=1S/C22H17FN2O6S/c1-10-8-9-14(31-10)17(26)15-16(12-6-4-5-7-13(12)23)25(20(28)18(15)27)22-24-11(2)19(32-22)21(29)30-3/h4-9,16,27H,1-3H3. The normalized spacial score (nSPS) is 16.1. The van der Waals surface area contributed by atoms with Crippen molar-refractivity contribution in [3.8, 4) is 0 Å². The number of hydrogen-bond acceptors (Lipinski definition) is 8. The summed E-state index contributed by atoms with van der Waals surface area (Å²) in [5, 5.41) is 10.7. The summed E-state index contributed by atoms with van der Waals surface area (Å²) in [6.45, 7) is 3.19. The summed E-state index contributed by atoms with van der Waals surface area (Å²) >= 11 is 0.838. The lowest BCUT2D eigenvalue weighted by atomic mass is 9.95. The van der Waals surface area contributed by atoms with Crippen molar-refractivity contribution in [2.75, 3.05) is 12.0 Å². The molecule has 10 heteroatoms. The molecule has 1 atom stereocenters. The van der Waals surface area contributed by atoms with Gasteiger partial charge in [-0.3, -0.25) is 14.5 Å². The number of thiazole rings is 1. The number of carbonyl (C=O) groups is 3. The van der Waals surface area contributed by atoms with E-state index < -0.39 is 35.3 Å². The van der Waals surface area contributed by atoms with Crippen molar-refractivity contribution in [2.24, 2.45) is 0 Å². The summed E-state index contributed by atoms with van der Waals surface area (Å²) in [5.41, 5.74) is -0.0798. The molecule has 164 valence electrons. The molecular weight excluding hydrogens is 439 g/mol. The topological polar surface area (TPSA) is 110 Å². The summed E-state index contributed by atoms with van der Waals surface area (Å²) in [7, 11) is 1.21. The highest BCUT2D eigenvalue weighted by molar-refractivity contribution is 7.17. The fraction of sp³-hybridized carbons (Fsp3) is 0.182. The second-order valence-corrected chi connectivity index (χ2v) is 7.98. The van der Waals surface area contributed by atoms with Crippen LogP contribution in [0.5, 0.6) is 0 Å². The smallest absolute Gasteiger partial charge is 0.350 e. The predicted molar refractivity (Wildman–Crippen MR) is 112 cm³/mol. The van der Waals surface area contributed by atoms with Crippen LogP contribution in [0.4, 0.5) is 9.52 Å². The van der Waals surface area contributed by atoms with Gasteiger partial charge in [-0.05, 0) is 32.0 Å². The summed E-state index contributed by atoms with van der Waals surface area (Å²) in [4.78, 5) is 43.7. The van der Waals surface area contributed by atoms with E-state index >= 15 is 0 Å². The fourth-order valence-electron chi connectivity index (χ4n) is 3.48. The van der Waals surface area contributed by atoms with Crippen LogP contribution in [0.3, 0.4) is 0 Å². The van der Waals surface area contributed by atoms with E-state index in [9.17, 15) is 23.9 Å². The first kappa shape index (κ1) is 21.4. The molecule has 0 bridgehead atoms. The number of benzene rings is 1. The van der Waals surface area contributed by atoms with E-state index in [0.29, 0.717) is 5.76 Å². The predicted octanol–water partition coefficient (Wildman–Crippen LogP) is 4.06. The Hall–Kier alpha value is -3.79. The van der Waals surface area contributed by atoms with E-state index in [-0.39, 0.29) is 32.6 Å². The number of nitrogens with zero attached hydrogens (tertiary/aromatic N) is 2. The Bertz CT molecular complexity index is 1290. The van der Waals surface area contributed by atoms with Crippen molar-refractivity contribution in [1.82, 2.24) is 4.98 Å². The van der Waals surface area contributed by atoms with Gasteiger partial charge in [0.1, 0.15) is 22.5 Å². The molecule has 1 aliphatic rings. The zero-order chi connectivity index (χ0) is 23.2. The van der Waals surface area contributed by atoms with Gasteiger partial charge >= 0.3 is 5.97 Å². The molecule has 4 rings (SSSR count). The number of aliphatic hydroxyl groups excluding tert-OH is 1. The Balaban J connectivity index is 1.90. The first-order valence-electron chi connectivity index (χ1n) is 9.42. The minimum absolute atomic E-state index is 0.00567. The molecule has 0 spiro atoms. The lowest BCUT2D eigenvalue weighted by molar-refractivity contribution is -0.117. The molecule has 32 heavy (non-hydrogen) atoms. The third-order valence-electron chi connectivity index (χ3n) is 4.98. The third kappa shape index (κ3) is 3.38. The van der Waals surface area contributed by atoms with Crippen molar-refractivity contribution in [2.45, 2.75) is 19.9 Å². The van der Waals surface area contributed by atoms with Gasteiger partial charge in [0.25, 0.3) is 5.91 Å². The van der Waals surface area contributed by atoms with Crippen LogP contribution in [0.15, 0.2) is 52.1 Å². The number of methoxy groups -OCH3 is 1. The Labute approximate surface area is 185 Å². The van der Waals surface area contributed by atoms with Gasteiger partial charge in [0, 0.05) is 5.56 Å². The van der Waals surface area contributed by atoms with Crippen molar-refractivity contribution < 1.29 is 33.0 Å². The number of furan rings is 1. The van der Waals surface area contributed by atoms with Gasteiger partial charge in [-0.1, -0.05) is 29.5 Å². The SMILES string of the molecule is COC(=O)c1sc(N2C(=O)C(O)=C(C(=O)c3ccc(C)o3)C2c2ccccc2F)nc1C. The van der Waals surface area contributed by atoms with Gasteiger partial charge in [0.2, 0.25) is 5.78 Å². The van der Waals surface area contributed by atoms with Crippen molar-refractivity contribution in [3.05, 3.63) is 81.2 Å². The maximum absolute atomic E-state index is 14.8. The summed E-state index contributed by atoms with van der Waals surface area (Å²) in [6, 6.07) is 7.24. The van der Waals surface area contributed by atoms with E-state index in [1.54, 1.807) is 26.0 Å². The van der Waals surface area contributed by atoms with Crippen LogP contribution in [0, 0.1) is 19.7 Å². The Morgan fingerprint density at radius 2 is 1.94 bits per heavy atom. The number of aliphatic hydroxyl groups is 1. The number of ether oxygens (including phenoxy) is 1. The van der Waals surface area contributed by atoms with Crippen molar-refractivity contribution in [1.29, 1.82) is 0 Å². The maximum Gasteiger partial charge on any atom is 0.350 e. The van der Waals surface area contributed by atoms with E-state index in [1.807, 2.05) is 0 Å². The van der Waals surface area contributed by atoms with Crippen LogP contribution in [0.25, 0.3) is 0 Å². The fourth-order valence-corrected chi connectivity index (χ4v) is 4.49. The number of aryl methyl sites for hydroxylation is 2. The number of Topliss-reactive ketones (excluding diaryl/α,β-unsaturated/α-hetero) is 1.